The Balaban J connectivity index is 1.30. The number of hydrogen-bond donors (Lipinski definition) is 1. The van der Waals surface area contributed by atoms with Crippen molar-refractivity contribution in [3.63, 3.8) is 0 Å². The van der Waals surface area contributed by atoms with Crippen molar-refractivity contribution in [2.24, 2.45) is 0 Å². The summed E-state index contributed by atoms with van der Waals surface area (Å²) in [5.41, 5.74) is 14.6. The van der Waals surface area contributed by atoms with Crippen molar-refractivity contribution < 1.29 is 0 Å². The Kier molecular flexibility index (Phi) is 6.88. The highest BCUT2D eigenvalue weighted by atomic mass is 14.9. The lowest BCUT2D eigenvalue weighted by atomic mass is 9.65. The predicted octanol–water partition coefficient (Wildman–Crippen LogP) is 9.81. The zero-order chi connectivity index (χ0) is 28.5. The minimum absolute atomic E-state index is 0.104. The minimum atomic E-state index is -0.221. The predicted molar refractivity (Wildman–Crippen MR) is 179 cm³/mol. The number of allylic oxidation sites excluding steroid dienone is 18. The summed E-state index contributed by atoms with van der Waals surface area (Å²) in [5, 5.41) is 3.60. The van der Waals surface area contributed by atoms with Gasteiger partial charge in [0.1, 0.15) is 0 Å². The fourth-order valence-electron chi connectivity index (χ4n) is 7.45. The third-order valence-electron chi connectivity index (χ3n) is 9.29. The van der Waals surface area contributed by atoms with Crippen molar-refractivity contribution >= 4 is 11.3 Å². The fourth-order valence-corrected chi connectivity index (χ4v) is 7.45. The van der Waals surface area contributed by atoms with E-state index in [2.05, 4.69) is 134 Å². The molecular formula is C41H37N. The Morgan fingerprint density at radius 3 is 2.40 bits per heavy atom. The van der Waals surface area contributed by atoms with E-state index in [-0.39, 0.29) is 11.5 Å². The molecule has 2 aromatic rings. The van der Waals surface area contributed by atoms with Crippen LogP contribution in [-0.4, -0.2) is 6.04 Å². The molecule has 0 saturated heterocycles. The van der Waals surface area contributed by atoms with Gasteiger partial charge in [0, 0.05) is 11.7 Å². The second-order valence-corrected chi connectivity index (χ2v) is 11.6. The summed E-state index contributed by atoms with van der Waals surface area (Å²) in [7, 11) is 0. The molecule has 0 radical (unpaired) electrons. The van der Waals surface area contributed by atoms with E-state index in [0.29, 0.717) is 0 Å². The topological polar surface area (TPSA) is 12.0 Å². The molecule has 7 rings (SSSR count). The van der Waals surface area contributed by atoms with Gasteiger partial charge < -0.3 is 5.32 Å². The van der Waals surface area contributed by atoms with Crippen LogP contribution in [0.3, 0.4) is 0 Å². The molecule has 1 heteroatoms. The van der Waals surface area contributed by atoms with Gasteiger partial charge in [-0.25, -0.2) is 0 Å². The first-order valence-corrected chi connectivity index (χ1v) is 15.3. The summed E-state index contributed by atoms with van der Waals surface area (Å²) in [6, 6.07) is 19.6. The van der Waals surface area contributed by atoms with Crippen molar-refractivity contribution in [3.05, 3.63) is 190 Å². The molecule has 42 heavy (non-hydrogen) atoms. The van der Waals surface area contributed by atoms with Gasteiger partial charge in [-0.15, -0.1) is 0 Å². The molecule has 0 aliphatic heterocycles. The first-order chi connectivity index (χ1) is 20.7. The lowest BCUT2D eigenvalue weighted by Crippen LogP contribution is -2.29. The normalized spacial score (nSPS) is 22.8. The summed E-state index contributed by atoms with van der Waals surface area (Å²) in [4.78, 5) is 0. The van der Waals surface area contributed by atoms with Gasteiger partial charge in [0.25, 0.3) is 0 Å². The number of fused-ring (bicyclic) bond motifs is 7. The molecule has 5 aliphatic rings. The first-order valence-electron chi connectivity index (χ1n) is 15.3. The maximum Gasteiger partial charge on any atom is 0.0685 e. The van der Waals surface area contributed by atoms with Crippen LogP contribution in [0.2, 0.25) is 0 Å². The Morgan fingerprint density at radius 2 is 1.50 bits per heavy atom. The third kappa shape index (κ3) is 4.23. The van der Waals surface area contributed by atoms with Crippen LogP contribution in [0.4, 0.5) is 0 Å². The molecule has 2 atom stereocenters. The van der Waals surface area contributed by atoms with E-state index >= 15 is 0 Å². The number of rotatable bonds is 4. The molecular weight excluding hydrogens is 506 g/mol. The zero-order valence-corrected chi connectivity index (χ0v) is 24.3. The summed E-state index contributed by atoms with van der Waals surface area (Å²) in [5.74, 6) is 0. The molecule has 0 amide bonds. The van der Waals surface area contributed by atoms with Crippen molar-refractivity contribution in [2.75, 3.05) is 0 Å². The van der Waals surface area contributed by atoms with Gasteiger partial charge in [0.05, 0.1) is 5.41 Å². The van der Waals surface area contributed by atoms with Crippen molar-refractivity contribution in [1.82, 2.24) is 5.32 Å². The van der Waals surface area contributed by atoms with Crippen molar-refractivity contribution in [2.45, 2.75) is 44.1 Å². The molecule has 1 spiro atoms. The third-order valence-corrected chi connectivity index (χ3v) is 9.29. The molecule has 5 aliphatic carbocycles. The SMILES string of the molecule is C=C(NC(C)C1=CC=CC=CC2=C(C=CC=C1)C1(C3=C(CCC=C3)c3ccccc31)C1=C2C=CCC1)c1ccccc1. The number of benzene rings is 2. The van der Waals surface area contributed by atoms with E-state index in [9.17, 15) is 0 Å². The average molecular weight is 544 g/mol. The van der Waals surface area contributed by atoms with Gasteiger partial charge >= 0.3 is 0 Å². The first kappa shape index (κ1) is 26.3. The van der Waals surface area contributed by atoms with E-state index in [1.165, 1.54) is 44.6 Å². The van der Waals surface area contributed by atoms with Gasteiger partial charge in [0.15, 0.2) is 0 Å². The fraction of sp³-hybridized carbons (Fsp3) is 0.171. The van der Waals surface area contributed by atoms with Crippen LogP contribution in [0.25, 0.3) is 11.3 Å². The van der Waals surface area contributed by atoms with Crippen molar-refractivity contribution in [1.29, 1.82) is 0 Å². The average Bonchev–Trinajstić information content (AvgIpc) is 3.48. The molecule has 1 nitrogen and oxygen atoms in total. The summed E-state index contributed by atoms with van der Waals surface area (Å²) < 4.78 is 0. The summed E-state index contributed by atoms with van der Waals surface area (Å²) >= 11 is 0. The van der Waals surface area contributed by atoms with Crippen LogP contribution >= 0.6 is 0 Å². The molecule has 1 N–H and O–H groups in total. The van der Waals surface area contributed by atoms with Crippen LogP contribution in [0, 0.1) is 0 Å². The Hall–Kier alpha value is -4.62. The Bertz CT molecular complexity index is 1760. The molecule has 206 valence electrons. The molecule has 0 saturated carbocycles. The Morgan fingerprint density at radius 1 is 0.738 bits per heavy atom. The van der Waals surface area contributed by atoms with E-state index in [4.69, 9.17) is 0 Å². The molecule has 2 unspecified atom stereocenters. The second kappa shape index (κ2) is 11.0. The van der Waals surface area contributed by atoms with E-state index in [1.807, 2.05) is 18.2 Å². The van der Waals surface area contributed by atoms with E-state index < -0.39 is 0 Å². The van der Waals surface area contributed by atoms with Gasteiger partial charge in [-0.05, 0) is 88.3 Å². The second-order valence-electron chi connectivity index (χ2n) is 11.6. The maximum atomic E-state index is 4.29. The molecule has 2 aromatic carbocycles. The van der Waals surface area contributed by atoms with Gasteiger partial charge in [-0.3, -0.25) is 0 Å². The molecule has 0 heterocycles. The Labute approximate surface area is 250 Å². The maximum absolute atomic E-state index is 4.29. The van der Waals surface area contributed by atoms with Crippen LogP contribution in [-0.2, 0) is 5.41 Å². The van der Waals surface area contributed by atoms with Gasteiger partial charge in [-0.1, -0.05) is 140 Å². The summed E-state index contributed by atoms with van der Waals surface area (Å²) in [6.07, 6.45) is 34.1. The standard InChI is InChI=1S/C41H37N/c1-29(31-17-5-3-6-18-31)42-30(2)32-19-7-4-8-21-33-34-22-10-14-26-38(34)41(37(33)25-13-9-20-32)39-27-15-11-23-35(39)36-24-12-16-28-40(36)41/h3-11,13,15-23,25,27-28,30,42H,1,12,14,24,26H2,2H3. The molecule has 0 fully saturated rings. The van der Waals surface area contributed by atoms with Crippen LogP contribution in [0.5, 0.6) is 0 Å². The monoisotopic (exact) mass is 543 g/mol. The van der Waals surface area contributed by atoms with Crippen LogP contribution < -0.4 is 5.32 Å². The highest BCUT2D eigenvalue weighted by molar-refractivity contribution is 5.91. The van der Waals surface area contributed by atoms with Crippen LogP contribution in [0.1, 0.15) is 49.3 Å². The highest BCUT2D eigenvalue weighted by Gasteiger charge is 2.53. The van der Waals surface area contributed by atoms with E-state index in [0.717, 1.165) is 36.9 Å². The van der Waals surface area contributed by atoms with Crippen molar-refractivity contribution in [3.8, 4) is 0 Å². The number of nitrogens with one attached hydrogen (secondary N) is 1. The van der Waals surface area contributed by atoms with Crippen LogP contribution in [0.15, 0.2) is 174 Å². The lowest BCUT2D eigenvalue weighted by molar-refractivity contribution is 0.696. The minimum Gasteiger partial charge on any atom is -0.379 e. The molecule has 0 bridgehead atoms. The number of hydrogen-bond acceptors (Lipinski definition) is 1. The van der Waals surface area contributed by atoms with E-state index in [1.54, 1.807) is 5.57 Å². The largest absolute Gasteiger partial charge is 0.379 e. The highest BCUT2D eigenvalue weighted by Crippen LogP contribution is 2.63. The summed E-state index contributed by atoms with van der Waals surface area (Å²) in [6.45, 7) is 6.49. The smallest absolute Gasteiger partial charge is 0.0685 e. The molecule has 0 aromatic heterocycles. The zero-order valence-electron chi connectivity index (χ0n) is 24.3. The van der Waals surface area contributed by atoms with Gasteiger partial charge in [-0.2, -0.15) is 0 Å². The lowest BCUT2D eigenvalue weighted by Gasteiger charge is -2.36. The quantitative estimate of drug-likeness (QED) is 0.405. The van der Waals surface area contributed by atoms with Gasteiger partial charge in [0.2, 0.25) is 0 Å².